The topological polar surface area (TPSA) is 0 Å². The maximum atomic E-state index is 2.47. The predicted molar refractivity (Wildman–Crippen MR) is 64.2 cm³/mol. The van der Waals surface area contributed by atoms with Crippen molar-refractivity contribution in [2.24, 2.45) is 34.5 Å². The Morgan fingerprint density at radius 3 is 1.43 bits per heavy atom. The Balaban J connectivity index is 3.12. The van der Waals surface area contributed by atoms with E-state index in [2.05, 4.69) is 55.4 Å². The van der Waals surface area contributed by atoms with E-state index in [1.54, 1.807) is 0 Å². The molecular formula is C14H28. The van der Waals surface area contributed by atoms with Crippen molar-refractivity contribution in [3.8, 4) is 0 Å². The van der Waals surface area contributed by atoms with Crippen LogP contribution in [0, 0.1) is 34.5 Å². The first-order chi connectivity index (χ1) is 6.14. The van der Waals surface area contributed by atoms with E-state index in [0.717, 1.165) is 23.7 Å². The summed E-state index contributed by atoms with van der Waals surface area (Å²) in [5.41, 5.74) is 0.946. The monoisotopic (exact) mass is 196 g/mol. The van der Waals surface area contributed by atoms with Gasteiger partial charge in [0.15, 0.2) is 0 Å². The fourth-order valence-corrected chi connectivity index (χ4v) is 4.08. The molecule has 1 fully saturated rings. The van der Waals surface area contributed by atoms with E-state index in [1.807, 2.05) is 0 Å². The molecule has 0 saturated heterocycles. The molecule has 1 rings (SSSR count). The van der Waals surface area contributed by atoms with Crippen LogP contribution < -0.4 is 0 Å². The van der Waals surface area contributed by atoms with Crippen LogP contribution in [0.25, 0.3) is 0 Å². The molecule has 1 aliphatic rings. The van der Waals surface area contributed by atoms with Crippen LogP contribution in [0.1, 0.15) is 55.4 Å². The summed E-state index contributed by atoms with van der Waals surface area (Å²) in [7, 11) is 0. The Bertz CT molecular complexity index is 210. The lowest BCUT2D eigenvalue weighted by Crippen LogP contribution is -2.35. The third-order valence-corrected chi connectivity index (χ3v) is 5.71. The lowest BCUT2D eigenvalue weighted by molar-refractivity contribution is 0.0633. The molecule has 1 aliphatic carbocycles. The van der Waals surface area contributed by atoms with Gasteiger partial charge in [-0.1, -0.05) is 55.4 Å². The van der Waals surface area contributed by atoms with Crippen molar-refractivity contribution in [2.45, 2.75) is 55.4 Å². The molecule has 0 aromatic heterocycles. The van der Waals surface area contributed by atoms with Crippen LogP contribution in [0.2, 0.25) is 0 Å². The standard InChI is InChI=1S/C14H28/c1-9(2)12-10(3)11(4)13(5,6)14(12,7)8/h9-12H,1-8H3. The largest absolute Gasteiger partial charge is 0.0625 e. The molecule has 0 heterocycles. The van der Waals surface area contributed by atoms with Gasteiger partial charge in [0.25, 0.3) is 0 Å². The normalized spacial score (nSPS) is 40.5. The molecule has 0 N–H and O–H groups in total. The molecule has 0 spiro atoms. The van der Waals surface area contributed by atoms with Crippen molar-refractivity contribution in [3.63, 3.8) is 0 Å². The van der Waals surface area contributed by atoms with Crippen LogP contribution in [-0.2, 0) is 0 Å². The van der Waals surface area contributed by atoms with E-state index in [9.17, 15) is 0 Å². The third-order valence-electron chi connectivity index (χ3n) is 5.71. The Kier molecular flexibility index (Phi) is 2.80. The van der Waals surface area contributed by atoms with Gasteiger partial charge in [0, 0.05) is 0 Å². The van der Waals surface area contributed by atoms with Gasteiger partial charge in [-0.2, -0.15) is 0 Å². The van der Waals surface area contributed by atoms with E-state index >= 15 is 0 Å². The lowest BCUT2D eigenvalue weighted by Gasteiger charge is -2.42. The van der Waals surface area contributed by atoms with Crippen LogP contribution in [0.3, 0.4) is 0 Å². The molecule has 3 unspecified atom stereocenters. The van der Waals surface area contributed by atoms with Gasteiger partial charge in [-0.25, -0.2) is 0 Å². The SMILES string of the molecule is CC(C)C1C(C)C(C)C(C)(C)C1(C)C. The van der Waals surface area contributed by atoms with Crippen LogP contribution in [0.15, 0.2) is 0 Å². The summed E-state index contributed by atoms with van der Waals surface area (Å²) < 4.78 is 0. The van der Waals surface area contributed by atoms with Gasteiger partial charge in [0.05, 0.1) is 0 Å². The highest BCUT2D eigenvalue weighted by Crippen LogP contribution is 2.63. The highest BCUT2D eigenvalue weighted by atomic mass is 14.6. The second kappa shape index (κ2) is 3.25. The summed E-state index contributed by atoms with van der Waals surface area (Å²) in [5, 5.41) is 0. The first kappa shape index (κ1) is 12.1. The average Bonchev–Trinajstić information content (AvgIpc) is 2.10. The van der Waals surface area contributed by atoms with Gasteiger partial charge in [0.2, 0.25) is 0 Å². The van der Waals surface area contributed by atoms with E-state index in [-0.39, 0.29) is 0 Å². The van der Waals surface area contributed by atoms with Gasteiger partial charge in [-0.15, -0.1) is 0 Å². The van der Waals surface area contributed by atoms with Gasteiger partial charge < -0.3 is 0 Å². The maximum Gasteiger partial charge on any atom is -0.0267 e. The van der Waals surface area contributed by atoms with Gasteiger partial charge in [-0.05, 0) is 34.5 Å². The highest BCUT2D eigenvalue weighted by Gasteiger charge is 2.56. The zero-order valence-corrected chi connectivity index (χ0v) is 11.3. The summed E-state index contributed by atoms with van der Waals surface area (Å²) in [6, 6.07) is 0. The smallest absolute Gasteiger partial charge is 0.0267 e. The molecular weight excluding hydrogens is 168 g/mol. The molecule has 84 valence electrons. The third kappa shape index (κ3) is 1.33. The van der Waals surface area contributed by atoms with Crippen LogP contribution in [0.5, 0.6) is 0 Å². The Morgan fingerprint density at radius 1 is 0.857 bits per heavy atom. The van der Waals surface area contributed by atoms with Crippen molar-refractivity contribution < 1.29 is 0 Å². The number of rotatable bonds is 1. The van der Waals surface area contributed by atoms with Crippen molar-refractivity contribution in [3.05, 3.63) is 0 Å². The summed E-state index contributed by atoms with van der Waals surface area (Å²) in [6.45, 7) is 19.5. The summed E-state index contributed by atoms with van der Waals surface area (Å²) in [6.07, 6.45) is 0. The number of hydrogen-bond acceptors (Lipinski definition) is 0. The summed E-state index contributed by atoms with van der Waals surface area (Å²) >= 11 is 0. The van der Waals surface area contributed by atoms with Crippen molar-refractivity contribution in [1.82, 2.24) is 0 Å². The molecule has 0 nitrogen and oxygen atoms in total. The lowest BCUT2D eigenvalue weighted by atomic mass is 9.63. The molecule has 0 heteroatoms. The molecule has 0 aliphatic heterocycles. The summed E-state index contributed by atoms with van der Waals surface area (Å²) in [5.74, 6) is 3.38. The van der Waals surface area contributed by atoms with Crippen LogP contribution in [-0.4, -0.2) is 0 Å². The predicted octanol–water partition coefficient (Wildman–Crippen LogP) is 4.60. The molecule has 1 saturated carbocycles. The Hall–Kier alpha value is 0. The fraction of sp³-hybridized carbons (Fsp3) is 1.00. The molecule has 14 heavy (non-hydrogen) atoms. The molecule has 0 bridgehead atoms. The second-order valence-electron chi connectivity index (χ2n) is 6.86. The Morgan fingerprint density at radius 2 is 1.29 bits per heavy atom. The van der Waals surface area contributed by atoms with E-state index in [1.165, 1.54) is 0 Å². The Labute approximate surface area is 90.5 Å². The molecule has 0 aromatic rings. The van der Waals surface area contributed by atoms with Crippen LogP contribution in [0.4, 0.5) is 0 Å². The van der Waals surface area contributed by atoms with Crippen molar-refractivity contribution >= 4 is 0 Å². The molecule has 0 amide bonds. The first-order valence-electron chi connectivity index (χ1n) is 6.14. The van der Waals surface area contributed by atoms with Gasteiger partial charge >= 0.3 is 0 Å². The molecule has 0 radical (unpaired) electrons. The minimum atomic E-state index is 0.472. The van der Waals surface area contributed by atoms with Gasteiger partial charge in [-0.3, -0.25) is 0 Å². The summed E-state index contributed by atoms with van der Waals surface area (Å²) in [4.78, 5) is 0. The minimum absolute atomic E-state index is 0.472. The van der Waals surface area contributed by atoms with Crippen molar-refractivity contribution in [2.75, 3.05) is 0 Å². The second-order valence-corrected chi connectivity index (χ2v) is 6.86. The molecule has 0 aromatic carbocycles. The minimum Gasteiger partial charge on any atom is -0.0625 e. The van der Waals surface area contributed by atoms with E-state index in [0.29, 0.717) is 10.8 Å². The van der Waals surface area contributed by atoms with E-state index in [4.69, 9.17) is 0 Å². The van der Waals surface area contributed by atoms with Crippen LogP contribution >= 0.6 is 0 Å². The molecule has 3 atom stereocenters. The zero-order chi connectivity index (χ0) is 11.3. The first-order valence-corrected chi connectivity index (χ1v) is 6.14. The van der Waals surface area contributed by atoms with Gasteiger partial charge in [0.1, 0.15) is 0 Å². The quantitative estimate of drug-likeness (QED) is 0.575. The van der Waals surface area contributed by atoms with E-state index < -0.39 is 0 Å². The van der Waals surface area contributed by atoms with Crippen molar-refractivity contribution in [1.29, 1.82) is 0 Å². The number of hydrogen-bond donors (Lipinski definition) is 0. The maximum absolute atomic E-state index is 2.47. The zero-order valence-electron chi connectivity index (χ0n) is 11.3. The highest BCUT2D eigenvalue weighted by molar-refractivity contribution is 5.05. The average molecular weight is 196 g/mol. The fourth-order valence-electron chi connectivity index (χ4n) is 4.08.